The van der Waals surface area contributed by atoms with Crippen LogP contribution in [-0.4, -0.2) is 33.9 Å². The van der Waals surface area contributed by atoms with E-state index in [2.05, 4.69) is 32.3 Å². The van der Waals surface area contributed by atoms with E-state index in [0.29, 0.717) is 11.0 Å². The van der Waals surface area contributed by atoms with E-state index >= 15 is 0 Å². The minimum absolute atomic E-state index is 0.0698. The second-order valence-corrected chi connectivity index (χ2v) is 7.65. The number of thiazole rings is 1. The number of nitrogens with zero attached hydrogens (tertiary/aromatic N) is 3. The molecule has 128 valence electrons. The molecule has 1 saturated heterocycles. The number of anilines is 1. The van der Waals surface area contributed by atoms with Crippen LogP contribution >= 0.6 is 11.3 Å². The Balaban J connectivity index is 1.55. The van der Waals surface area contributed by atoms with E-state index < -0.39 is 0 Å². The van der Waals surface area contributed by atoms with Gasteiger partial charge in [0.25, 0.3) is 0 Å². The lowest BCUT2D eigenvalue weighted by atomic mass is 9.93. The fourth-order valence-corrected chi connectivity index (χ4v) is 4.18. The quantitative estimate of drug-likeness (QED) is 0.904. The minimum atomic E-state index is -0.0698. The van der Waals surface area contributed by atoms with Crippen molar-refractivity contribution in [2.24, 2.45) is 5.92 Å². The highest BCUT2D eigenvalue weighted by molar-refractivity contribution is 7.15. The van der Waals surface area contributed by atoms with Gasteiger partial charge in [-0.05, 0) is 50.8 Å². The van der Waals surface area contributed by atoms with Gasteiger partial charge in [0.15, 0.2) is 5.13 Å². The van der Waals surface area contributed by atoms with Crippen molar-refractivity contribution in [2.75, 3.05) is 18.4 Å². The van der Waals surface area contributed by atoms with E-state index in [1.807, 2.05) is 19.2 Å². The number of amides is 1. The van der Waals surface area contributed by atoms with E-state index in [-0.39, 0.29) is 5.91 Å². The van der Waals surface area contributed by atoms with Gasteiger partial charge in [0.05, 0.1) is 0 Å². The Morgan fingerprint density at radius 3 is 3.12 bits per heavy atom. The molecule has 1 aliphatic rings. The zero-order valence-electron chi connectivity index (χ0n) is 14.3. The molecule has 1 aliphatic heterocycles. The Hall–Kier alpha value is -1.79. The number of nitrogens with one attached hydrogen (secondary N) is 1. The molecule has 1 amide bonds. The van der Waals surface area contributed by atoms with Gasteiger partial charge < -0.3 is 5.32 Å². The van der Waals surface area contributed by atoms with Crippen molar-refractivity contribution in [1.82, 2.24) is 14.9 Å². The molecular weight excluding hydrogens is 320 g/mol. The average molecular weight is 344 g/mol. The Morgan fingerprint density at radius 2 is 2.33 bits per heavy atom. The molecule has 1 fully saturated rings. The zero-order chi connectivity index (χ0) is 16.9. The van der Waals surface area contributed by atoms with Crippen molar-refractivity contribution >= 4 is 22.4 Å². The number of piperidine rings is 1. The molecule has 2 aromatic heterocycles. The summed E-state index contributed by atoms with van der Waals surface area (Å²) in [6, 6.07) is 6.28. The Labute approximate surface area is 147 Å². The summed E-state index contributed by atoms with van der Waals surface area (Å²) < 4.78 is 0. The van der Waals surface area contributed by atoms with Gasteiger partial charge in [-0.15, -0.1) is 11.3 Å². The minimum Gasteiger partial charge on any atom is -0.302 e. The molecule has 0 bridgehead atoms. The number of carbonyl (C=O) groups is 1. The van der Waals surface area contributed by atoms with Crippen molar-refractivity contribution in [2.45, 2.75) is 39.7 Å². The van der Waals surface area contributed by atoms with Gasteiger partial charge >= 0.3 is 0 Å². The number of aryl methyl sites for hydroxylation is 1. The second kappa shape index (κ2) is 7.85. The first-order valence-electron chi connectivity index (χ1n) is 8.45. The summed E-state index contributed by atoms with van der Waals surface area (Å²) in [5, 5.41) is 3.44. The average Bonchev–Trinajstić information content (AvgIpc) is 2.94. The summed E-state index contributed by atoms with van der Waals surface area (Å²) in [7, 11) is 0. The van der Waals surface area contributed by atoms with Crippen LogP contribution in [-0.2, 0) is 17.8 Å². The molecule has 24 heavy (non-hydrogen) atoms. The number of hydrogen-bond donors (Lipinski definition) is 1. The molecule has 1 atom stereocenters. The summed E-state index contributed by atoms with van der Waals surface area (Å²) in [5.74, 6) is 0.593. The van der Waals surface area contributed by atoms with Crippen LogP contribution in [0.15, 0.2) is 24.4 Å². The van der Waals surface area contributed by atoms with E-state index in [1.165, 1.54) is 30.3 Å². The highest BCUT2D eigenvalue weighted by atomic mass is 32.1. The van der Waals surface area contributed by atoms with Gasteiger partial charge in [0, 0.05) is 42.5 Å². The molecule has 1 N–H and O–H groups in total. The van der Waals surface area contributed by atoms with Crippen LogP contribution in [0.3, 0.4) is 0 Å². The lowest BCUT2D eigenvalue weighted by Gasteiger charge is -2.32. The lowest BCUT2D eigenvalue weighted by Crippen LogP contribution is -2.35. The topological polar surface area (TPSA) is 58.1 Å². The third-order valence-corrected chi connectivity index (χ3v) is 5.16. The predicted molar refractivity (Wildman–Crippen MR) is 97.1 cm³/mol. The van der Waals surface area contributed by atoms with Crippen LogP contribution in [0, 0.1) is 12.8 Å². The van der Waals surface area contributed by atoms with Crippen LogP contribution in [0.1, 0.15) is 36.0 Å². The van der Waals surface area contributed by atoms with Gasteiger partial charge in [0.1, 0.15) is 0 Å². The number of pyridine rings is 1. The van der Waals surface area contributed by atoms with Gasteiger partial charge in [0.2, 0.25) is 5.91 Å². The van der Waals surface area contributed by atoms with Crippen LogP contribution < -0.4 is 5.32 Å². The van der Waals surface area contributed by atoms with E-state index in [0.717, 1.165) is 31.7 Å². The largest absolute Gasteiger partial charge is 0.302 e. The van der Waals surface area contributed by atoms with Crippen molar-refractivity contribution in [3.8, 4) is 0 Å². The lowest BCUT2D eigenvalue weighted by molar-refractivity contribution is -0.114. The van der Waals surface area contributed by atoms with Crippen molar-refractivity contribution in [1.29, 1.82) is 0 Å². The van der Waals surface area contributed by atoms with Crippen LogP contribution in [0.4, 0.5) is 5.13 Å². The number of likely N-dealkylation sites (tertiary alicyclic amines) is 1. The number of aromatic nitrogens is 2. The third kappa shape index (κ3) is 4.85. The van der Waals surface area contributed by atoms with Crippen LogP contribution in [0.25, 0.3) is 0 Å². The molecule has 0 aromatic carbocycles. The molecule has 0 saturated carbocycles. The smallest absolute Gasteiger partial charge is 0.223 e. The Morgan fingerprint density at radius 1 is 1.46 bits per heavy atom. The summed E-state index contributed by atoms with van der Waals surface area (Å²) in [4.78, 5) is 23.7. The van der Waals surface area contributed by atoms with Crippen LogP contribution in [0.5, 0.6) is 0 Å². The SMILES string of the molecule is CC(=O)Nc1ncc(CN2CCCC(Cc3cccc(C)n3)C2)s1. The fraction of sp³-hybridized carbons (Fsp3) is 0.500. The van der Waals surface area contributed by atoms with E-state index in [4.69, 9.17) is 0 Å². The first-order valence-corrected chi connectivity index (χ1v) is 9.27. The van der Waals surface area contributed by atoms with Gasteiger partial charge in [-0.2, -0.15) is 0 Å². The molecule has 0 spiro atoms. The normalized spacial score (nSPS) is 18.5. The van der Waals surface area contributed by atoms with Gasteiger partial charge in [-0.25, -0.2) is 4.98 Å². The van der Waals surface area contributed by atoms with E-state index in [9.17, 15) is 4.79 Å². The first kappa shape index (κ1) is 17.0. The Bertz CT molecular complexity index is 700. The molecule has 3 heterocycles. The maximum absolute atomic E-state index is 11.1. The number of hydrogen-bond acceptors (Lipinski definition) is 5. The van der Waals surface area contributed by atoms with Crippen molar-refractivity contribution in [3.05, 3.63) is 40.7 Å². The molecule has 6 heteroatoms. The van der Waals surface area contributed by atoms with Crippen molar-refractivity contribution in [3.63, 3.8) is 0 Å². The second-order valence-electron chi connectivity index (χ2n) is 6.53. The molecule has 3 rings (SSSR count). The zero-order valence-corrected chi connectivity index (χ0v) is 15.1. The molecule has 2 aromatic rings. The number of rotatable bonds is 5. The Kier molecular flexibility index (Phi) is 5.58. The van der Waals surface area contributed by atoms with Gasteiger partial charge in [-0.1, -0.05) is 6.07 Å². The molecule has 1 unspecified atom stereocenters. The summed E-state index contributed by atoms with van der Waals surface area (Å²) in [6.45, 7) is 6.70. The van der Waals surface area contributed by atoms with E-state index in [1.54, 1.807) is 11.3 Å². The van der Waals surface area contributed by atoms with Crippen LogP contribution in [0.2, 0.25) is 0 Å². The standard InChI is InChI=1S/C18H24N4OS/c1-13-5-3-7-16(20-13)9-15-6-4-8-22(11-15)12-17-10-19-18(24-17)21-14(2)23/h3,5,7,10,15H,4,6,8-9,11-12H2,1-2H3,(H,19,21,23). The summed E-state index contributed by atoms with van der Waals surface area (Å²) >= 11 is 1.56. The molecule has 0 aliphatic carbocycles. The summed E-state index contributed by atoms with van der Waals surface area (Å²) in [6.07, 6.45) is 5.43. The fourth-order valence-electron chi connectivity index (χ4n) is 3.28. The molecular formula is C18H24N4OS. The maximum atomic E-state index is 11.1. The summed E-state index contributed by atoms with van der Waals surface area (Å²) in [5.41, 5.74) is 2.29. The molecule has 5 nitrogen and oxygen atoms in total. The highest BCUT2D eigenvalue weighted by Crippen LogP contribution is 2.24. The molecule has 0 radical (unpaired) electrons. The maximum Gasteiger partial charge on any atom is 0.223 e. The third-order valence-electron chi connectivity index (χ3n) is 4.26. The van der Waals surface area contributed by atoms with Crippen molar-refractivity contribution < 1.29 is 4.79 Å². The van der Waals surface area contributed by atoms with Gasteiger partial charge in [-0.3, -0.25) is 14.7 Å². The first-order chi connectivity index (χ1) is 11.6. The predicted octanol–water partition coefficient (Wildman–Crippen LogP) is 3.26. The number of carbonyl (C=O) groups excluding carboxylic acids is 1. The highest BCUT2D eigenvalue weighted by Gasteiger charge is 2.21. The monoisotopic (exact) mass is 344 g/mol.